The van der Waals surface area contributed by atoms with E-state index in [0.29, 0.717) is 0 Å². The molecule has 21 heavy (non-hydrogen) atoms. The van der Waals surface area contributed by atoms with Crippen LogP contribution in [0.4, 0.5) is 0 Å². The molecular formula is C17H16BrN3. The molecule has 3 rings (SSSR count). The number of pyridine rings is 2. The quantitative estimate of drug-likeness (QED) is 0.784. The average Bonchev–Trinajstić information content (AvgIpc) is 2.47. The van der Waals surface area contributed by atoms with Gasteiger partial charge in [-0.1, -0.05) is 18.2 Å². The smallest absolute Gasteiger partial charge is 0.0708 e. The molecule has 0 bridgehead atoms. The number of rotatable bonds is 3. The predicted molar refractivity (Wildman–Crippen MR) is 89.0 cm³/mol. The lowest BCUT2D eigenvalue weighted by Gasteiger charge is -2.13. The van der Waals surface area contributed by atoms with Gasteiger partial charge >= 0.3 is 0 Å². The highest BCUT2D eigenvalue weighted by molar-refractivity contribution is 9.10. The molecule has 1 unspecified atom stereocenters. The molecule has 3 aromatic rings. The number of halogens is 1. The van der Waals surface area contributed by atoms with Gasteiger partial charge in [0.05, 0.1) is 17.3 Å². The summed E-state index contributed by atoms with van der Waals surface area (Å²) in [5.74, 6) is 0. The third-order valence-corrected chi connectivity index (χ3v) is 3.97. The minimum Gasteiger partial charge on any atom is -0.322 e. The monoisotopic (exact) mass is 341 g/mol. The summed E-state index contributed by atoms with van der Waals surface area (Å²) in [6, 6.07) is 12.1. The van der Waals surface area contributed by atoms with Gasteiger partial charge in [-0.3, -0.25) is 9.97 Å². The minimum absolute atomic E-state index is 0.135. The summed E-state index contributed by atoms with van der Waals surface area (Å²) in [7, 11) is 0. The van der Waals surface area contributed by atoms with Crippen LogP contribution >= 0.6 is 15.9 Å². The first-order valence-corrected chi connectivity index (χ1v) is 7.64. The van der Waals surface area contributed by atoms with Crippen LogP contribution in [0.2, 0.25) is 0 Å². The zero-order valence-electron chi connectivity index (χ0n) is 11.8. The number of para-hydroxylation sites is 1. The summed E-state index contributed by atoms with van der Waals surface area (Å²) in [5, 5.41) is 1.18. The maximum absolute atomic E-state index is 6.33. The van der Waals surface area contributed by atoms with Crippen LogP contribution in [0.5, 0.6) is 0 Å². The van der Waals surface area contributed by atoms with Gasteiger partial charge in [0.25, 0.3) is 0 Å². The Labute approximate surface area is 132 Å². The van der Waals surface area contributed by atoms with Gasteiger partial charge in [-0.05, 0) is 58.6 Å². The number of aromatic nitrogens is 2. The van der Waals surface area contributed by atoms with Gasteiger partial charge in [0.15, 0.2) is 0 Å². The van der Waals surface area contributed by atoms with Crippen molar-refractivity contribution in [3.63, 3.8) is 0 Å². The Morgan fingerprint density at radius 3 is 2.81 bits per heavy atom. The van der Waals surface area contributed by atoms with Crippen molar-refractivity contribution in [1.82, 2.24) is 9.97 Å². The number of nitrogens with zero attached hydrogens (tertiary/aromatic N) is 2. The molecule has 3 nitrogen and oxygen atoms in total. The average molecular weight is 342 g/mol. The summed E-state index contributed by atoms with van der Waals surface area (Å²) >= 11 is 3.43. The Morgan fingerprint density at radius 1 is 1.19 bits per heavy atom. The normalized spacial score (nSPS) is 12.5. The molecule has 2 N–H and O–H groups in total. The van der Waals surface area contributed by atoms with Gasteiger partial charge in [0, 0.05) is 22.3 Å². The molecule has 0 saturated heterocycles. The SMILES string of the molecule is Cc1cc(C(N)Cc2cncc(Br)c2)nc2ccccc12. The summed E-state index contributed by atoms with van der Waals surface area (Å²) in [5.41, 5.74) is 10.6. The van der Waals surface area contributed by atoms with Gasteiger partial charge in [-0.15, -0.1) is 0 Å². The van der Waals surface area contributed by atoms with E-state index in [1.165, 1.54) is 10.9 Å². The molecule has 0 fully saturated rings. The van der Waals surface area contributed by atoms with Crippen LogP contribution in [-0.2, 0) is 6.42 Å². The third kappa shape index (κ3) is 3.12. The van der Waals surface area contributed by atoms with E-state index in [2.05, 4.69) is 40.0 Å². The Morgan fingerprint density at radius 2 is 2.00 bits per heavy atom. The van der Waals surface area contributed by atoms with Crippen LogP contribution in [0.3, 0.4) is 0 Å². The highest BCUT2D eigenvalue weighted by Crippen LogP contribution is 2.22. The van der Waals surface area contributed by atoms with Crippen molar-refractivity contribution in [3.8, 4) is 0 Å². The second-order valence-corrected chi connectivity index (χ2v) is 6.12. The van der Waals surface area contributed by atoms with E-state index in [1.807, 2.05) is 30.5 Å². The third-order valence-electron chi connectivity index (χ3n) is 3.54. The second-order valence-electron chi connectivity index (χ2n) is 5.20. The molecule has 1 atom stereocenters. The zero-order chi connectivity index (χ0) is 14.8. The van der Waals surface area contributed by atoms with Crippen LogP contribution < -0.4 is 5.73 Å². The molecular weight excluding hydrogens is 326 g/mol. The minimum atomic E-state index is -0.135. The molecule has 0 spiro atoms. The van der Waals surface area contributed by atoms with Crippen molar-refractivity contribution in [2.45, 2.75) is 19.4 Å². The highest BCUT2D eigenvalue weighted by atomic mass is 79.9. The number of aryl methyl sites for hydroxylation is 1. The topological polar surface area (TPSA) is 51.8 Å². The van der Waals surface area contributed by atoms with Gasteiger partial charge < -0.3 is 5.73 Å². The summed E-state index contributed by atoms with van der Waals surface area (Å²) in [6.07, 6.45) is 4.34. The van der Waals surface area contributed by atoms with Crippen molar-refractivity contribution in [3.05, 3.63) is 70.1 Å². The Kier molecular flexibility index (Phi) is 3.99. The van der Waals surface area contributed by atoms with Crippen LogP contribution in [0.1, 0.15) is 22.9 Å². The van der Waals surface area contributed by atoms with Crippen LogP contribution in [0.25, 0.3) is 10.9 Å². The molecule has 4 heteroatoms. The first-order valence-electron chi connectivity index (χ1n) is 6.85. The van der Waals surface area contributed by atoms with Crippen LogP contribution in [-0.4, -0.2) is 9.97 Å². The molecule has 0 aliphatic rings. The van der Waals surface area contributed by atoms with Gasteiger partial charge in [0.2, 0.25) is 0 Å². The Bertz CT molecular complexity index is 786. The lowest BCUT2D eigenvalue weighted by atomic mass is 10.0. The Balaban J connectivity index is 1.92. The zero-order valence-corrected chi connectivity index (χ0v) is 13.3. The molecule has 2 heterocycles. The molecule has 1 aromatic carbocycles. The van der Waals surface area contributed by atoms with E-state index in [9.17, 15) is 0 Å². The summed E-state index contributed by atoms with van der Waals surface area (Å²) < 4.78 is 0.967. The highest BCUT2D eigenvalue weighted by Gasteiger charge is 2.11. The molecule has 0 aliphatic carbocycles. The van der Waals surface area contributed by atoms with Crippen molar-refractivity contribution in [2.24, 2.45) is 5.73 Å². The van der Waals surface area contributed by atoms with E-state index in [0.717, 1.165) is 27.7 Å². The van der Waals surface area contributed by atoms with Crippen molar-refractivity contribution < 1.29 is 0 Å². The van der Waals surface area contributed by atoms with E-state index < -0.39 is 0 Å². The van der Waals surface area contributed by atoms with Crippen molar-refractivity contribution in [1.29, 1.82) is 0 Å². The van der Waals surface area contributed by atoms with Crippen LogP contribution in [0.15, 0.2) is 53.3 Å². The standard InChI is InChI=1S/C17H16BrN3/c1-11-6-17(21-16-5-3-2-4-14(11)16)15(19)8-12-7-13(18)10-20-9-12/h2-7,9-10,15H,8,19H2,1H3. The maximum atomic E-state index is 6.33. The van der Waals surface area contributed by atoms with E-state index in [1.54, 1.807) is 6.20 Å². The number of hydrogen-bond donors (Lipinski definition) is 1. The molecule has 106 valence electrons. The van der Waals surface area contributed by atoms with Crippen molar-refractivity contribution in [2.75, 3.05) is 0 Å². The first kappa shape index (κ1) is 14.2. The first-order chi connectivity index (χ1) is 10.1. The second kappa shape index (κ2) is 5.92. The fourth-order valence-corrected chi connectivity index (χ4v) is 2.90. The summed E-state index contributed by atoms with van der Waals surface area (Å²) in [6.45, 7) is 2.10. The Hall–Kier alpha value is -1.78. The molecule has 2 aromatic heterocycles. The molecule has 0 amide bonds. The number of hydrogen-bond acceptors (Lipinski definition) is 3. The lowest BCUT2D eigenvalue weighted by molar-refractivity contribution is 0.697. The van der Waals surface area contributed by atoms with Gasteiger partial charge in [-0.25, -0.2) is 0 Å². The van der Waals surface area contributed by atoms with E-state index in [4.69, 9.17) is 10.7 Å². The predicted octanol–water partition coefficient (Wildman–Crippen LogP) is 3.94. The van der Waals surface area contributed by atoms with Gasteiger partial charge in [0.1, 0.15) is 0 Å². The fourth-order valence-electron chi connectivity index (χ4n) is 2.49. The number of fused-ring (bicyclic) bond motifs is 1. The van der Waals surface area contributed by atoms with E-state index >= 15 is 0 Å². The largest absolute Gasteiger partial charge is 0.322 e. The van der Waals surface area contributed by atoms with Gasteiger partial charge in [-0.2, -0.15) is 0 Å². The number of nitrogens with two attached hydrogens (primary N) is 1. The fraction of sp³-hybridized carbons (Fsp3) is 0.176. The molecule has 0 saturated carbocycles. The van der Waals surface area contributed by atoms with Crippen molar-refractivity contribution >= 4 is 26.8 Å². The number of benzene rings is 1. The maximum Gasteiger partial charge on any atom is 0.0708 e. The lowest BCUT2D eigenvalue weighted by Crippen LogP contribution is -2.15. The molecule has 0 radical (unpaired) electrons. The van der Waals surface area contributed by atoms with Crippen LogP contribution in [0, 0.1) is 6.92 Å². The molecule has 0 aliphatic heterocycles. The van der Waals surface area contributed by atoms with E-state index in [-0.39, 0.29) is 6.04 Å². The summed E-state index contributed by atoms with van der Waals surface area (Å²) in [4.78, 5) is 8.87.